The summed E-state index contributed by atoms with van der Waals surface area (Å²) in [6.45, 7) is 2.66. The van der Waals surface area contributed by atoms with E-state index in [1.807, 2.05) is 0 Å². The number of rotatable bonds is 5. The lowest BCUT2D eigenvalue weighted by Gasteiger charge is -2.17. The summed E-state index contributed by atoms with van der Waals surface area (Å²) in [7, 11) is 1.40. The van der Waals surface area contributed by atoms with Crippen molar-refractivity contribution in [3.63, 3.8) is 0 Å². The lowest BCUT2D eigenvalue weighted by molar-refractivity contribution is 0.0696. The molecule has 17 heavy (non-hydrogen) atoms. The molecule has 0 spiro atoms. The highest BCUT2D eigenvalue weighted by atomic mass is 19.1. The minimum absolute atomic E-state index is 0.0914. The number of carbonyl (C=O) groups is 1. The second-order valence-electron chi connectivity index (χ2n) is 4.18. The fourth-order valence-electron chi connectivity index (χ4n) is 1.17. The average Bonchev–Trinajstić information content (AvgIpc) is 2.24. The smallest absolute Gasteiger partial charge is 0.335 e. The molecule has 0 radical (unpaired) electrons. The Hall–Kier alpha value is -1.78. The SMILES string of the molecule is COc1cc(C(=O)O)ccc1OCC(C)(C)F. The molecule has 1 rings (SSSR count). The molecule has 0 atom stereocenters. The predicted octanol–water partition coefficient (Wildman–Crippen LogP) is 2.52. The summed E-state index contributed by atoms with van der Waals surface area (Å²) in [5, 5.41) is 8.80. The number of methoxy groups -OCH3 is 1. The van der Waals surface area contributed by atoms with Gasteiger partial charge in [0.05, 0.1) is 12.7 Å². The summed E-state index contributed by atoms with van der Waals surface area (Å²) in [6.07, 6.45) is 0. The summed E-state index contributed by atoms with van der Waals surface area (Å²) in [5.41, 5.74) is -1.37. The third-order valence-corrected chi connectivity index (χ3v) is 1.98. The van der Waals surface area contributed by atoms with E-state index in [2.05, 4.69) is 0 Å². The van der Waals surface area contributed by atoms with E-state index in [4.69, 9.17) is 14.6 Å². The van der Waals surface area contributed by atoms with Crippen molar-refractivity contribution in [2.75, 3.05) is 13.7 Å². The second-order valence-corrected chi connectivity index (χ2v) is 4.18. The van der Waals surface area contributed by atoms with Crippen molar-refractivity contribution in [1.82, 2.24) is 0 Å². The highest BCUT2D eigenvalue weighted by Gasteiger charge is 2.18. The van der Waals surface area contributed by atoms with Gasteiger partial charge in [-0.1, -0.05) is 0 Å². The van der Waals surface area contributed by atoms with Gasteiger partial charge in [-0.2, -0.15) is 0 Å². The first-order valence-electron chi connectivity index (χ1n) is 5.06. The van der Waals surface area contributed by atoms with E-state index in [0.717, 1.165) is 0 Å². The second kappa shape index (κ2) is 5.03. The standard InChI is InChI=1S/C12H15FO4/c1-12(2,13)7-17-9-5-4-8(11(14)15)6-10(9)16-3/h4-6H,7H2,1-3H3,(H,14,15). The Kier molecular flexibility index (Phi) is 3.93. The number of carboxylic acid groups (broad SMARTS) is 1. The van der Waals surface area contributed by atoms with Crippen LogP contribution in [0.4, 0.5) is 4.39 Å². The molecular weight excluding hydrogens is 227 g/mol. The minimum Gasteiger partial charge on any atom is -0.493 e. The quantitative estimate of drug-likeness (QED) is 0.862. The molecule has 0 saturated heterocycles. The van der Waals surface area contributed by atoms with Crippen LogP contribution in [-0.4, -0.2) is 30.5 Å². The molecule has 0 amide bonds. The van der Waals surface area contributed by atoms with E-state index < -0.39 is 11.6 Å². The number of aromatic carboxylic acids is 1. The normalized spacial score (nSPS) is 11.1. The molecule has 0 aromatic heterocycles. The van der Waals surface area contributed by atoms with Crippen LogP contribution in [0.5, 0.6) is 11.5 Å². The van der Waals surface area contributed by atoms with E-state index in [-0.39, 0.29) is 17.9 Å². The highest BCUT2D eigenvalue weighted by molar-refractivity contribution is 5.88. The molecule has 1 aromatic carbocycles. The molecule has 1 aromatic rings. The number of halogens is 1. The van der Waals surface area contributed by atoms with E-state index in [9.17, 15) is 9.18 Å². The Labute approximate surface area is 99.0 Å². The number of hydrogen-bond acceptors (Lipinski definition) is 3. The van der Waals surface area contributed by atoms with Gasteiger partial charge in [-0.05, 0) is 32.0 Å². The zero-order valence-electron chi connectivity index (χ0n) is 9.99. The monoisotopic (exact) mass is 242 g/mol. The van der Waals surface area contributed by atoms with E-state index >= 15 is 0 Å². The van der Waals surface area contributed by atoms with Crippen molar-refractivity contribution in [3.8, 4) is 11.5 Å². The van der Waals surface area contributed by atoms with Crippen molar-refractivity contribution in [1.29, 1.82) is 0 Å². The van der Waals surface area contributed by atoms with Gasteiger partial charge in [0.25, 0.3) is 0 Å². The molecule has 0 unspecified atom stereocenters. The first kappa shape index (κ1) is 13.3. The van der Waals surface area contributed by atoms with Gasteiger partial charge < -0.3 is 14.6 Å². The maximum Gasteiger partial charge on any atom is 0.335 e. The largest absolute Gasteiger partial charge is 0.493 e. The van der Waals surface area contributed by atoms with Gasteiger partial charge in [-0.3, -0.25) is 0 Å². The average molecular weight is 242 g/mol. The summed E-state index contributed by atoms with van der Waals surface area (Å²) in [5.74, 6) is -0.460. The van der Waals surface area contributed by atoms with Crippen LogP contribution in [0, 0.1) is 0 Å². The van der Waals surface area contributed by atoms with Crippen LogP contribution >= 0.6 is 0 Å². The maximum absolute atomic E-state index is 13.3. The van der Waals surface area contributed by atoms with Crippen LogP contribution in [0.25, 0.3) is 0 Å². The van der Waals surface area contributed by atoms with E-state index in [1.54, 1.807) is 0 Å². The van der Waals surface area contributed by atoms with E-state index in [1.165, 1.54) is 39.2 Å². The number of ether oxygens (including phenoxy) is 2. The van der Waals surface area contributed by atoms with Gasteiger partial charge in [0, 0.05) is 0 Å². The van der Waals surface area contributed by atoms with Crippen molar-refractivity contribution in [3.05, 3.63) is 23.8 Å². The first-order valence-corrected chi connectivity index (χ1v) is 5.06. The third-order valence-electron chi connectivity index (χ3n) is 1.98. The topological polar surface area (TPSA) is 55.8 Å². The van der Waals surface area contributed by atoms with Crippen molar-refractivity contribution in [2.24, 2.45) is 0 Å². The number of alkyl halides is 1. The third kappa shape index (κ3) is 3.94. The fraction of sp³-hybridized carbons (Fsp3) is 0.417. The lowest BCUT2D eigenvalue weighted by atomic mass is 10.2. The van der Waals surface area contributed by atoms with Crippen LogP contribution in [-0.2, 0) is 0 Å². The minimum atomic E-state index is -1.46. The molecule has 0 heterocycles. The van der Waals surface area contributed by atoms with Gasteiger partial charge in [-0.25, -0.2) is 9.18 Å². The summed E-state index contributed by atoms with van der Waals surface area (Å²) < 4.78 is 23.5. The van der Waals surface area contributed by atoms with Crippen LogP contribution in [0.1, 0.15) is 24.2 Å². The van der Waals surface area contributed by atoms with Gasteiger partial charge in [0.15, 0.2) is 11.5 Å². The summed E-state index contributed by atoms with van der Waals surface area (Å²) in [6, 6.07) is 4.17. The van der Waals surface area contributed by atoms with Gasteiger partial charge in [-0.15, -0.1) is 0 Å². The zero-order chi connectivity index (χ0) is 13.1. The first-order chi connectivity index (χ1) is 7.83. The molecule has 4 nitrogen and oxygen atoms in total. The van der Waals surface area contributed by atoms with Crippen molar-refractivity contribution >= 4 is 5.97 Å². The molecule has 94 valence electrons. The van der Waals surface area contributed by atoms with Gasteiger partial charge in [0.1, 0.15) is 12.3 Å². The number of carboxylic acids is 1. The Bertz CT molecular complexity index is 409. The summed E-state index contributed by atoms with van der Waals surface area (Å²) in [4.78, 5) is 10.7. The summed E-state index contributed by atoms with van der Waals surface area (Å²) >= 11 is 0. The van der Waals surface area contributed by atoms with Gasteiger partial charge >= 0.3 is 5.97 Å². The van der Waals surface area contributed by atoms with Gasteiger partial charge in [0.2, 0.25) is 0 Å². The molecule has 5 heteroatoms. The Morgan fingerprint density at radius 1 is 1.41 bits per heavy atom. The van der Waals surface area contributed by atoms with E-state index in [0.29, 0.717) is 5.75 Å². The molecular formula is C12H15FO4. The predicted molar refractivity (Wildman–Crippen MR) is 60.6 cm³/mol. The van der Waals surface area contributed by atoms with Crippen LogP contribution in [0.15, 0.2) is 18.2 Å². The highest BCUT2D eigenvalue weighted by Crippen LogP contribution is 2.29. The molecule has 0 aliphatic carbocycles. The lowest BCUT2D eigenvalue weighted by Crippen LogP contribution is -2.22. The van der Waals surface area contributed by atoms with Crippen LogP contribution in [0.2, 0.25) is 0 Å². The Balaban J connectivity index is 2.89. The van der Waals surface area contributed by atoms with Crippen LogP contribution < -0.4 is 9.47 Å². The zero-order valence-corrected chi connectivity index (χ0v) is 9.99. The van der Waals surface area contributed by atoms with Crippen molar-refractivity contribution < 1.29 is 23.8 Å². The molecule has 0 bridgehead atoms. The van der Waals surface area contributed by atoms with Crippen molar-refractivity contribution in [2.45, 2.75) is 19.5 Å². The number of hydrogen-bond donors (Lipinski definition) is 1. The van der Waals surface area contributed by atoms with Crippen LogP contribution in [0.3, 0.4) is 0 Å². The fourth-order valence-corrected chi connectivity index (χ4v) is 1.17. The molecule has 1 N–H and O–H groups in total. The Morgan fingerprint density at radius 3 is 2.53 bits per heavy atom. The Morgan fingerprint density at radius 2 is 2.06 bits per heavy atom. The molecule has 0 saturated carbocycles. The maximum atomic E-state index is 13.3. The molecule has 0 fully saturated rings. The molecule has 0 aliphatic heterocycles. The number of benzene rings is 1. The molecule has 0 aliphatic rings.